The van der Waals surface area contributed by atoms with E-state index in [0.29, 0.717) is 5.69 Å². The van der Waals surface area contributed by atoms with E-state index in [1.54, 1.807) is 30.3 Å². The smallest absolute Gasteiger partial charge is 0.347 e. The molecule has 2 aromatic carbocycles. The summed E-state index contributed by atoms with van der Waals surface area (Å²) >= 11 is 0. The summed E-state index contributed by atoms with van der Waals surface area (Å²) < 4.78 is 23.5. The van der Waals surface area contributed by atoms with Gasteiger partial charge in [-0.3, -0.25) is 14.9 Å². The average Bonchev–Trinajstić information content (AvgIpc) is 3.08. The van der Waals surface area contributed by atoms with E-state index in [1.807, 2.05) is 5.32 Å². The molecule has 0 aliphatic carbocycles. The average molecular weight is 413 g/mol. The van der Waals surface area contributed by atoms with Crippen LogP contribution in [0.15, 0.2) is 66.1 Å². The Balaban J connectivity index is 1.55. The molecule has 0 aromatic heterocycles. The minimum Gasteiger partial charge on any atom is -0.470 e. The molecule has 1 aliphatic heterocycles. The Hall–Kier alpha value is -4.21. The lowest BCUT2D eigenvalue weighted by Crippen LogP contribution is -2.37. The summed E-state index contributed by atoms with van der Waals surface area (Å²) in [6, 6.07) is 13.0. The van der Waals surface area contributed by atoms with E-state index in [0.717, 1.165) is 6.07 Å². The molecule has 3 N–H and O–H groups in total. The van der Waals surface area contributed by atoms with Crippen molar-refractivity contribution in [2.24, 2.45) is 0 Å². The number of anilines is 2. The highest BCUT2D eigenvalue weighted by atomic mass is 19.1. The maximum atomic E-state index is 13.5. The van der Waals surface area contributed by atoms with E-state index in [9.17, 15) is 23.6 Å². The molecule has 3 amide bonds. The minimum atomic E-state index is -1.08. The van der Waals surface area contributed by atoms with E-state index in [2.05, 4.69) is 10.6 Å². The van der Waals surface area contributed by atoms with Gasteiger partial charge in [0.05, 0.1) is 5.69 Å². The number of carbonyl (C=O) groups is 4. The first-order chi connectivity index (χ1) is 14.4. The van der Waals surface area contributed by atoms with Crippen molar-refractivity contribution in [1.29, 1.82) is 0 Å². The molecule has 1 aliphatic rings. The first-order valence-electron chi connectivity index (χ1n) is 8.69. The number of hydrogen-bond donors (Lipinski definition) is 3. The number of imide groups is 1. The summed E-state index contributed by atoms with van der Waals surface area (Å²) in [7, 11) is 0. The van der Waals surface area contributed by atoms with E-state index < -0.39 is 36.1 Å². The SMILES string of the molecule is O=C(COC(=O)C1=C(Nc2ccccc2)OCC1=O)NC(=O)Nc1ccccc1F. The third-order valence-corrected chi connectivity index (χ3v) is 3.80. The number of ketones is 1. The first-order valence-corrected chi connectivity index (χ1v) is 8.69. The molecule has 0 fully saturated rings. The fourth-order valence-electron chi connectivity index (χ4n) is 2.45. The molecule has 0 saturated heterocycles. The molecule has 0 unspecified atom stereocenters. The highest BCUT2D eigenvalue weighted by Gasteiger charge is 2.33. The van der Waals surface area contributed by atoms with Crippen LogP contribution in [0.1, 0.15) is 0 Å². The van der Waals surface area contributed by atoms with Crippen LogP contribution >= 0.6 is 0 Å². The number of halogens is 1. The number of urea groups is 1. The molecule has 154 valence electrons. The molecule has 10 heteroatoms. The third kappa shape index (κ3) is 5.19. The summed E-state index contributed by atoms with van der Waals surface area (Å²) in [6.45, 7) is -1.18. The van der Waals surface area contributed by atoms with Crippen molar-refractivity contribution in [1.82, 2.24) is 5.32 Å². The molecule has 1 heterocycles. The van der Waals surface area contributed by atoms with Crippen molar-refractivity contribution >= 4 is 35.1 Å². The molecule has 0 radical (unpaired) electrons. The molecule has 3 rings (SSSR count). The summed E-state index contributed by atoms with van der Waals surface area (Å²) in [4.78, 5) is 47.7. The Morgan fingerprint density at radius 3 is 2.47 bits per heavy atom. The Bertz CT molecular complexity index is 1020. The number of esters is 1. The molecule has 0 saturated carbocycles. The Labute approximate surface area is 169 Å². The highest BCUT2D eigenvalue weighted by Crippen LogP contribution is 2.20. The van der Waals surface area contributed by atoms with Gasteiger partial charge in [-0.2, -0.15) is 0 Å². The van der Waals surface area contributed by atoms with Crippen molar-refractivity contribution in [2.75, 3.05) is 23.8 Å². The second kappa shape index (κ2) is 9.32. The molecule has 0 atom stereocenters. The fourth-order valence-corrected chi connectivity index (χ4v) is 2.45. The van der Waals surface area contributed by atoms with Crippen LogP contribution in [0.4, 0.5) is 20.6 Å². The predicted molar refractivity (Wildman–Crippen MR) is 103 cm³/mol. The zero-order valence-corrected chi connectivity index (χ0v) is 15.4. The van der Waals surface area contributed by atoms with Crippen LogP contribution in [0.25, 0.3) is 0 Å². The van der Waals surface area contributed by atoms with Crippen LogP contribution in [0.5, 0.6) is 0 Å². The molecular formula is C20H16FN3O6. The van der Waals surface area contributed by atoms with Gasteiger partial charge in [0.15, 0.2) is 18.8 Å². The largest absolute Gasteiger partial charge is 0.470 e. The molecule has 0 spiro atoms. The number of Topliss-reactive ketones (excluding diaryl/α,β-unsaturated/α-hetero) is 1. The zero-order valence-electron chi connectivity index (χ0n) is 15.4. The third-order valence-electron chi connectivity index (χ3n) is 3.80. The van der Waals surface area contributed by atoms with E-state index in [1.165, 1.54) is 18.2 Å². The van der Waals surface area contributed by atoms with Gasteiger partial charge in [-0.15, -0.1) is 0 Å². The maximum absolute atomic E-state index is 13.5. The van der Waals surface area contributed by atoms with Crippen LogP contribution in [0.3, 0.4) is 0 Å². The second-order valence-electron chi connectivity index (χ2n) is 5.97. The molecular weight excluding hydrogens is 397 g/mol. The van der Waals surface area contributed by atoms with Gasteiger partial charge in [-0.05, 0) is 24.3 Å². The van der Waals surface area contributed by atoms with Gasteiger partial charge < -0.3 is 20.1 Å². The van der Waals surface area contributed by atoms with Gasteiger partial charge in [0.2, 0.25) is 11.7 Å². The number of ether oxygens (including phenoxy) is 2. The zero-order chi connectivity index (χ0) is 21.5. The molecule has 30 heavy (non-hydrogen) atoms. The number of rotatable bonds is 6. The van der Waals surface area contributed by atoms with E-state index in [4.69, 9.17) is 9.47 Å². The lowest BCUT2D eigenvalue weighted by molar-refractivity contribution is -0.145. The van der Waals surface area contributed by atoms with Crippen LogP contribution in [0, 0.1) is 5.82 Å². The van der Waals surface area contributed by atoms with Crippen molar-refractivity contribution in [3.05, 3.63) is 71.9 Å². The number of carbonyl (C=O) groups excluding carboxylic acids is 4. The standard InChI is InChI=1S/C20H16FN3O6/c21-13-8-4-5-9-14(13)23-20(28)24-16(26)11-30-19(27)17-15(25)10-29-18(17)22-12-6-2-1-3-7-12/h1-9,22H,10-11H2,(H2,23,24,26,28). The van der Waals surface area contributed by atoms with E-state index >= 15 is 0 Å². The van der Waals surface area contributed by atoms with Crippen molar-refractivity contribution < 1.29 is 33.0 Å². The summed E-state index contributed by atoms with van der Waals surface area (Å²) in [5.41, 5.74) is 0.0767. The monoisotopic (exact) mass is 413 g/mol. The van der Waals surface area contributed by atoms with Gasteiger partial charge >= 0.3 is 12.0 Å². The number of nitrogens with one attached hydrogen (secondary N) is 3. The summed E-state index contributed by atoms with van der Waals surface area (Å²) in [5, 5.41) is 6.82. The lowest BCUT2D eigenvalue weighted by Gasteiger charge is -2.09. The topological polar surface area (TPSA) is 123 Å². The Kier molecular flexibility index (Phi) is 6.38. The van der Waals surface area contributed by atoms with Crippen LogP contribution in [-0.2, 0) is 23.9 Å². The van der Waals surface area contributed by atoms with Crippen LogP contribution in [0.2, 0.25) is 0 Å². The summed E-state index contributed by atoms with van der Waals surface area (Å²) in [5.74, 6) is -3.44. The number of hydrogen-bond acceptors (Lipinski definition) is 7. The van der Waals surface area contributed by atoms with Crippen molar-refractivity contribution in [3.8, 4) is 0 Å². The quantitative estimate of drug-likeness (QED) is 0.489. The Morgan fingerprint density at radius 2 is 1.73 bits per heavy atom. The van der Waals surface area contributed by atoms with Gasteiger partial charge in [-0.1, -0.05) is 30.3 Å². The predicted octanol–water partition coefficient (Wildman–Crippen LogP) is 1.94. The Morgan fingerprint density at radius 1 is 1.03 bits per heavy atom. The van der Waals surface area contributed by atoms with Gasteiger partial charge in [0.25, 0.3) is 5.91 Å². The van der Waals surface area contributed by atoms with Gasteiger partial charge in [0.1, 0.15) is 5.82 Å². The van der Waals surface area contributed by atoms with Crippen molar-refractivity contribution in [3.63, 3.8) is 0 Å². The maximum Gasteiger partial charge on any atom is 0.347 e. The normalized spacial score (nSPS) is 12.8. The van der Waals surface area contributed by atoms with Crippen LogP contribution < -0.4 is 16.0 Å². The number of amides is 3. The lowest BCUT2D eigenvalue weighted by atomic mass is 10.2. The minimum absolute atomic E-state index is 0.0890. The summed E-state index contributed by atoms with van der Waals surface area (Å²) in [6.07, 6.45) is 0. The van der Waals surface area contributed by atoms with E-state index in [-0.39, 0.29) is 23.8 Å². The molecule has 0 bridgehead atoms. The second-order valence-corrected chi connectivity index (χ2v) is 5.97. The first kappa shape index (κ1) is 20.5. The van der Waals surface area contributed by atoms with Gasteiger partial charge in [-0.25, -0.2) is 14.0 Å². The van der Waals surface area contributed by atoms with Gasteiger partial charge in [0, 0.05) is 5.69 Å². The highest BCUT2D eigenvalue weighted by molar-refractivity contribution is 6.20. The number of benzene rings is 2. The fraction of sp³-hybridized carbons (Fsp3) is 0.100. The van der Waals surface area contributed by atoms with Crippen LogP contribution in [-0.4, -0.2) is 36.9 Å². The molecule has 2 aromatic rings. The van der Waals surface area contributed by atoms with Crippen molar-refractivity contribution in [2.45, 2.75) is 0 Å². The number of para-hydroxylation sites is 2. The molecule has 9 nitrogen and oxygen atoms in total.